The monoisotopic (exact) mass is 498 g/mol. The third-order valence-electron chi connectivity index (χ3n) is 6.70. The topological polar surface area (TPSA) is 0 Å². The van der Waals surface area contributed by atoms with Crippen molar-refractivity contribution in [2.24, 2.45) is 0 Å². The number of rotatable bonds is 10. The zero-order valence-corrected chi connectivity index (χ0v) is 21.5. The molecule has 0 radical (unpaired) electrons. The van der Waals surface area contributed by atoms with Crippen LogP contribution in [0.3, 0.4) is 0 Å². The van der Waals surface area contributed by atoms with Crippen molar-refractivity contribution in [2.75, 3.05) is 0 Å². The molecule has 0 aromatic heterocycles. The zero-order chi connectivity index (χ0) is 26.2. The smallest absolute Gasteiger partial charge is 0.167 e. The molecule has 0 amide bonds. The van der Waals surface area contributed by atoms with E-state index < -0.39 is 11.6 Å². The van der Waals surface area contributed by atoms with Gasteiger partial charge in [0.05, 0.1) is 0 Å². The summed E-state index contributed by atoms with van der Waals surface area (Å²) in [6.45, 7) is 4.26. The third-order valence-corrected chi connectivity index (χ3v) is 6.70. The van der Waals surface area contributed by atoms with Crippen LogP contribution in [0.1, 0.15) is 61.8 Å². The molecule has 0 nitrogen and oxygen atoms in total. The van der Waals surface area contributed by atoms with Crippen LogP contribution in [0.5, 0.6) is 0 Å². The summed E-state index contributed by atoms with van der Waals surface area (Å²) >= 11 is 0. The van der Waals surface area contributed by atoms with Crippen molar-refractivity contribution in [3.8, 4) is 22.3 Å². The van der Waals surface area contributed by atoms with Crippen molar-refractivity contribution in [3.63, 3.8) is 0 Å². The molecule has 0 N–H and O–H groups in total. The summed E-state index contributed by atoms with van der Waals surface area (Å²) in [6.07, 6.45) is 9.80. The largest absolute Gasteiger partial charge is 0.206 e. The van der Waals surface area contributed by atoms with Gasteiger partial charge in [-0.25, -0.2) is 13.2 Å². The summed E-state index contributed by atoms with van der Waals surface area (Å²) in [5, 5.41) is 0. The lowest BCUT2D eigenvalue weighted by molar-refractivity contribution is 0.514. The fraction of sp³-hybridized carbons (Fsp3) is 0.235. The minimum atomic E-state index is -0.862. The molecule has 190 valence electrons. The summed E-state index contributed by atoms with van der Waals surface area (Å²) < 4.78 is 44.6. The number of benzene rings is 4. The number of aryl methyl sites for hydroxylation is 2. The van der Waals surface area contributed by atoms with Gasteiger partial charge in [0, 0.05) is 16.7 Å². The summed E-state index contributed by atoms with van der Waals surface area (Å²) in [4.78, 5) is 0. The van der Waals surface area contributed by atoms with E-state index in [1.165, 1.54) is 5.56 Å². The van der Waals surface area contributed by atoms with Gasteiger partial charge in [-0.05, 0) is 53.1 Å². The molecule has 0 atom stereocenters. The molecule has 0 heterocycles. The average Bonchev–Trinajstić information content (AvgIpc) is 2.91. The van der Waals surface area contributed by atoms with E-state index in [-0.39, 0.29) is 16.9 Å². The Morgan fingerprint density at radius 1 is 0.568 bits per heavy atom. The van der Waals surface area contributed by atoms with Gasteiger partial charge in [-0.1, -0.05) is 118 Å². The quantitative estimate of drug-likeness (QED) is 0.151. The molecule has 0 aliphatic heterocycles. The molecular formula is C34H33F3. The fourth-order valence-corrected chi connectivity index (χ4v) is 4.54. The number of halogens is 3. The van der Waals surface area contributed by atoms with Crippen molar-refractivity contribution in [1.29, 1.82) is 0 Å². The lowest BCUT2D eigenvalue weighted by Gasteiger charge is -2.10. The Bertz CT molecular complexity index is 1350. The van der Waals surface area contributed by atoms with E-state index in [2.05, 4.69) is 13.8 Å². The molecule has 4 aromatic carbocycles. The highest BCUT2D eigenvalue weighted by Crippen LogP contribution is 2.32. The van der Waals surface area contributed by atoms with Crippen LogP contribution in [-0.2, 0) is 12.8 Å². The second kappa shape index (κ2) is 12.6. The lowest BCUT2D eigenvalue weighted by atomic mass is 9.97. The fourth-order valence-electron chi connectivity index (χ4n) is 4.54. The first-order valence-electron chi connectivity index (χ1n) is 13.1. The SMILES string of the molecule is CCCCCc1ccc(C=Cc2ccc(-c3ccc(-c4ccc(CCC)cc4)c(F)c3F)cc2)c(F)c1. The first-order chi connectivity index (χ1) is 18.0. The third kappa shape index (κ3) is 6.60. The van der Waals surface area contributed by atoms with E-state index >= 15 is 8.78 Å². The molecule has 0 fully saturated rings. The molecule has 0 aliphatic rings. The van der Waals surface area contributed by atoms with E-state index in [4.69, 9.17) is 0 Å². The maximum atomic E-state index is 15.0. The lowest BCUT2D eigenvalue weighted by Crippen LogP contribution is -1.94. The van der Waals surface area contributed by atoms with Gasteiger partial charge in [0.2, 0.25) is 0 Å². The Morgan fingerprint density at radius 2 is 1.16 bits per heavy atom. The summed E-state index contributed by atoms with van der Waals surface area (Å²) in [6, 6.07) is 23.4. The predicted octanol–water partition coefficient (Wildman–Crippen LogP) is 10.3. The van der Waals surface area contributed by atoms with Crippen molar-refractivity contribution in [3.05, 3.63) is 119 Å². The van der Waals surface area contributed by atoms with Crippen LogP contribution >= 0.6 is 0 Å². The van der Waals surface area contributed by atoms with Crippen LogP contribution in [0.25, 0.3) is 34.4 Å². The second-order valence-corrected chi connectivity index (χ2v) is 9.50. The average molecular weight is 499 g/mol. The zero-order valence-electron chi connectivity index (χ0n) is 21.5. The molecule has 3 heteroatoms. The molecule has 4 aromatic rings. The summed E-state index contributed by atoms with van der Waals surface area (Å²) in [7, 11) is 0. The molecule has 0 aliphatic carbocycles. The Labute approximate surface area is 218 Å². The van der Waals surface area contributed by atoms with Gasteiger partial charge in [0.15, 0.2) is 11.6 Å². The highest BCUT2D eigenvalue weighted by atomic mass is 19.2. The van der Waals surface area contributed by atoms with Crippen LogP contribution < -0.4 is 0 Å². The minimum Gasteiger partial charge on any atom is -0.206 e. The maximum Gasteiger partial charge on any atom is 0.167 e. The molecular weight excluding hydrogens is 465 g/mol. The Kier molecular flexibility index (Phi) is 9.00. The normalized spacial score (nSPS) is 11.4. The molecule has 0 bridgehead atoms. The number of hydrogen-bond acceptors (Lipinski definition) is 0. The van der Waals surface area contributed by atoms with E-state index in [1.54, 1.807) is 42.5 Å². The number of unbranched alkanes of at least 4 members (excludes halogenated alkanes) is 2. The molecule has 0 unspecified atom stereocenters. The van der Waals surface area contributed by atoms with E-state index in [1.807, 2.05) is 48.5 Å². The van der Waals surface area contributed by atoms with Gasteiger partial charge in [-0.3, -0.25) is 0 Å². The van der Waals surface area contributed by atoms with Crippen LogP contribution in [-0.4, -0.2) is 0 Å². The maximum absolute atomic E-state index is 15.0. The van der Waals surface area contributed by atoms with Crippen LogP contribution in [0.15, 0.2) is 78.9 Å². The van der Waals surface area contributed by atoms with Crippen LogP contribution in [0, 0.1) is 17.5 Å². The van der Waals surface area contributed by atoms with Gasteiger partial charge in [-0.15, -0.1) is 0 Å². The van der Waals surface area contributed by atoms with Gasteiger partial charge >= 0.3 is 0 Å². The van der Waals surface area contributed by atoms with E-state index in [0.717, 1.165) is 49.7 Å². The predicted molar refractivity (Wildman–Crippen MR) is 150 cm³/mol. The summed E-state index contributed by atoms with van der Waals surface area (Å²) in [5.41, 5.74) is 5.27. The standard InChI is InChI=1S/C34H33F3/c1-3-5-6-8-26-14-20-29(32(35)23-26)19-13-25-11-17-28(18-12-25)31-22-21-30(33(36)34(31)37)27-15-9-24(7-4-2)10-16-27/h9-23H,3-8H2,1-2H3. The minimum absolute atomic E-state index is 0.212. The molecule has 0 saturated carbocycles. The molecule has 37 heavy (non-hydrogen) atoms. The Balaban J connectivity index is 1.48. The van der Waals surface area contributed by atoms with Crippen molar-refractivity contribution >= 4 is 12.2 Å². The highest BCUT2D eigenvalue weighted by Gasteiger charge is 2.16. The van der Waals surface area contributed by atoms with Crippen LogP contribution in [0.4, 0.5) is 13.2 Å². The van der Waals surface area contributed by atoms with Gasteiger partial charge in [0.25, 0.3) is 0 Å². The second-order valence-electron chi connectivity index (χ2n) is 9.50. The van der Waals surface area contributed by atoms with Gasteiger partial charge in [0.1, 0.15) is 5.82 Å². The van der Waals surface area contributed by atoms with Gasteiger partial charge in [-0.2, -0.15) is 0 Å². The molecule has 4 rings (SSSR count). The van der Waals surface area contributed by atoms with Crippen molar-refractivity contribution in [1.82, 2.24) is 0 Å². The Hall–Kier alpha value is -3.59. The molecule has 0 saturated heterocycles. The molecule has 0 spiro atoms. The van der Waals surface area contributed by atoms with Crippen molar-refractivity contribution in [2.45, 2.75) is 52.4 Å². The van der Waals surface area contributed by atoms with E-state index in [9.17, 15) is 4.39 Å². The van der Waals surface area contributed by atoms with Crippen molar-refractivity contribution < 1.29 is 13.2 Å². The van der Waals surface area contributed by atoms with Crippen LogP contribution in [0.2, 0.25) is 0 Å². The first-order valence-corrected chi connectivity index (χ1v) is 13.1. The highest BCUT2D eigenvalue weighted by molar-refractivity contribution is 5.74. The summed E-state index contributed by atoms with van der Waals surface area (Å²) in [5.74, 6) is -1.95. The first kappa shape index (κ1) is 26.5. The number of hydrogen-bond donors (Lipinski definition) is 0. The van der Waals surface area contributed by atoms with E-state index in [0.29, 0.717) is 16.7 Å². The van der Waals surface area contributed by atoms with Gasteiger partial charge < -0.3 is 0 Å². The Morgan fingerprint density at radius 3 is 1.73 bits per heavy atom.